The van der Waals surface area contributed by atoms with Gasteiger partial charge in [0.2, 0.25) is 0 Å². The fourth-order valence-corrected chi connectivity index (χ4v) is 6.13. The van der Waals surface area contributed by atoms with E-state index in [9.17, 15) is 5.11 Å². The van der Waals surface area contributed by atoms with Gasteiger partial charge in [0.25, 0.3) is 0 Å². The zero-order chi connectivity index (χ0) is 27.5. The second-order valence-corrected chi connectivity index (χ2v) is 11.8. The van der Waals surface area contributed by atoms with Gasteiger partial charge in [-0.2, -0.15) is 0 Å². The summed E-state index contributed by atoms with van der Waals surface area (Å²) < 4.78 is 12.7. The first-order valence-electron chi connectivity index (χ1n) is 13.8. The number of piperazine rings is 1. The predicted molar refractivity (Wildman–Crippen MR) is 160 cm³/mol. The van der Waals surface area contributed by atoms with Crippen LogP contribution in [-0.4, -0.2) is 70.0 Å². The highest BCUT2D eigenvalue weighted by molar-refractivity contribution is 7.18. The smallest absolute Gasteiger partial charge is 0.167 e. The van der Waals surface area contributed by atoms with Crippen molar-refractivity contribution in [3.63, 3.8) is 0 Å². The van der Waals surface area contributed by atoms with Gasteiger partial charge in [0.1, 0.15) is 18.5 Å². The van der Waals surface area contributed by atoms with Gasteiger partial charge >= 0.3 is 0 Å². The monoisotopic (exact) mass is 554 g/mol. The lowest BCUT2D eigenvalue weighted by atomic mass is 10.0. The van der Waals surface area contributed by atoms with Crippen molar-refractivity contribution >= 4 is 21.6 Å². The van der Waals surface area contributed by atoms with Gasteiger partial charge in [0.15, 0.2) is 5.76 Å². The maximum atomic E-state index is 10.7. The van der Waals surface area contributed by atoms with E-state index in [1.165, 1.54) is 11.1 Å². The lowest BCUT2D eigenvalue weighted by Crippen LogP contribution is -2.53. The van der Waals surface area contributed by atoms with E-state index in [4.69, 9.17) is 9.26 Å². The number of hydrogen-bond acceptors (Lipinski definition) is 8. The summed E-state index contributed by atoms with van der Waals surface area (Å²) in [5.41, 5.74) is 5.28. The standard InChI is InChI=1S/C32H34N4O3S/c1-22-18-35(14-15-36(22)20-28(37)21-38-29-12-13-32-30(17-29)33-23(2)40-32)19-27-16-31(39-34-27)26-10-8-25(9-11-26)24-6-4-3-5-7-24/h3-13,16-17,22,28,37H,14-15,18-21H2,1-2H3/t22-,28+/m0/s1. The Bertz CT molecular complexity index is 1550. The molecule has 0 amide bonds. The molecule has 3 aromatic carbocycles. The molecule has 5 aromatic rings. The molecular formula is C32H34N4O3S. The second-order valence-electron chi connectivity index (χ2n) is 10.5. The molecule has 2 atom stereocenters. The van der Waals surface area contributed by atoms with E-state index in [0.717, 1.165) is 64.2 Å². The van der Waals surface area contributed by atoms with Gasteiger partial charge in [0, 0.05) is 56.5 Å². The van der Waals surface area contributed by atoms with Gasteiger partial charge < -0.3 is 14.4 Å². The highest BCUT2D eigenvalue weighted by Crippen LogP contribution is 2.27. The Morgan fingerprint density at radius 3 is 2.58 bits per heavy atom. The van der Waals surface area contributed by atoms with E-state index in [1.807, 2.05) is 37.3 Å². The van der Waals surface area contributed by atoms with Gasteiger partial charge in [-0.25, -0.2) is 4.98 Å². The maximum Gasteiger partial charge on any atom is 0.167 e. The van der Waals surface area contributed by atoms with Crippen molar-refractivity contribution in [2.24, 2.45) is 0 Å². The zero-order valence-corrected chi connectivity index (χ0v) is 23.7. The quantitative estimate of drug-likeness (QED) is 0.244. The third-order valence-corrected chi connectivity index (χ3v) is 8.38. The summed E-state index contributed by atoms with van der Waals surface area (Å²) in [6.45, 7) is 8.50. The van der Waals surface area contributed by atoms with Crippen LogP contribution in [-0.2, 0) is 6.54 Å². The molecule has 206 valence electrons. The molecule has 0 saturated carbocycles. The average molecular weight is 555 g/mol. The van der Waals surface area contributed by atoms with Crippen LogP contribution in [0.5, 0.6) is 5.75 Å². The fraction of sp³-hybridized carbons (Fsp3) is 0.312. The Labute approximate surface area is 238 Å². The SMILES string of the molecule is Cc1nc2cc(OC[C@H](O)CN3CCN(Cc4cc(-c5ccc(-c6ccccc6)cc5)on4)C[C@@H]3C)ccc2s1. The summed E-state index contributed by atoms with van der Waals surface area (Å²) >= 11 is 1.67. The summed E-state index contributed by atoms with van der Waals surface area (Å²) in [4.78, 5) is 9.26. The Hall–Kier alpha value is -3.56. The van der Waals surface area contributed by atoms with Crippen molar-refractivity contribution in [1.29, 1.82) is 0 Å². The molecule has 6 rings (SSSR count). The van der Waals surface area contributed by atoms with Crippen molar-refractivity contribution in [3.8, 4) is 28.2 Å². The van der Waals surface area contributed by atoms with Gasteiger partial charge in [-0.05, 0) is 37.1 Å². The maximum absolute atomic E-state index is 10.7. The molecule has 7 nitrogen and oxygen atoms in total. The summed E-state index contributed by atoms with van der Waals surface area (Å²) in [5, 5.41) is 16.1. The fourth-order valence-electron chi connectivity index (χ4n) is 5.32. The third kappa shape index (κ3) is 6.26. The Morgan fingerprint density at radius 1 is 1.00 bits per heavy atom. The first-order chi connectivity index (χ1) is 19.5. The molecule has 0 radical (unpaired) electrons. The van der Waals surface area contributed by atoms with Crippen LogP contribution < -0.4 is 4.74 Å². The number of aliphatic hydroxyl groups is 1. The minimum atomic E-state index is -0.562. The van der Waals surface area contributed by atoms with Crippen molar-refractivity contribution in [2.45, 2.75) is 32.5 Å². The normalized spacial score (nSPS) is 17.3. The summed E-state index contributed by atoms with van der Waals surface area (Å²) in [6, 6.07) is 27.0. The van der Waals surface area contributed by atoms with Crippen LogP contribution in [0.15, 0.2) is 83.4 Å². The Balaban J connectivity index is 0.977. The molecule has 3 heterocycles. The summed E-state index contributed by atoms with van der Waals surface area (Å²) in [6.07, 6.45) is -0.562. The number of nitrogens with zero attached hydrogens (tertiary/aromatic N) is 4. The van der Waals surface area contributed by atoms with Gasteiger partial charge in [-0.15, -0.1) is 11.3 Å². The molecule has 2 aromatic heterocycles. The highest BCUT2D eigenvalue weighted by Gasteiger charge is 2.26. The minimum absolute atomic E-state index is 0.260. The van der Waals surface area contributed by atoms with E-state index >= 15 is 0 Å². The minimum Gasteiger partial charge on any atom is -0.491 e. The summed E-state index contributed by atoms with van der Waals surface area (Å²) in [7, 11) is 0. The van der Waals surface area contributed by atoms with E-state index in [2.05, 4.69) is 75.4 Å². The number of aryl methyl sites for hydroxylation is 1. The van der Waals surface area contributed by atoms with Crippen LogP contribution in [0.2, 0.25) is 0 Å². The molecule has 0 unspecified atom stereocenters. The molecule has 1 aliphatic rings. The van der Waals surface area contributed by atoms with Gasteiger partial charge in [0.05, 0.1) is 20.9 Å². The molecule has 1 N–H and O–H groups in total. The Morgan fingerprint density at radius 2 is 1.77 bits per heavy atom. The lowest BCUT2D eigenvalue weighted by molar-refractivity contribution is 0.0192. The van der Waals surface area contributed by atoms with Crippen molar-refractivity contribution in [1.82, 2.24) is 19.9 Å². The number of hydrogen-bond donors (Lipinski definition) is 1. The van der Waals surface area contributed by atoms with Crippen LogP contribution in [0, 0.1) is 6.92 Å². The largest absolute Gasteiger partial charge is 0.491 e. The molecule has 1 fully saturated rings. The molecule has 1 saturated heterocycles. The molecule has 0 bridgehead atoms. The van der Waals surface area contributed by atoms with Crippen LogP contribution in [0.4, 0.5) is 0 Å². The lowest BCUT2D eigenvalue weighted by Gasteiger charge is -2.40. The second kappa shape index (κ2) is 11.9. The number of ether oxygens (including phenoxy) is 1. The van der Waals surface area contributed by atoms with Crippen molar-refractivity contribution in [2.75, 3.05) is 32.8 Å². The average Bonchev–Trinajstić information content (AvgIpc) is 3.59. The number of rotatable bonds is 9. The topological polar surface area (TPSA) is 74.9 Å². The van der Waals surface area contributed by atoms with E-state index in [1.54, 1.807) is 11.3 Å². The number of thiazole rings is 1. The van der Waals surface area contributed by atoms with Crippen LogP contribution in [0.3, 0.4) is 0 Å². The van der Waals surface area contributed by atoms with Crippen LogP contribution in [0.25, 0.3) is 32.7 Å². The van der Waals surface area contributed by atoms with Crippen LogP contribution >= 0.6 is 11.3 Å². The molecule has 0 aliphatic carbocycles. The number of aromatic nitrogens is 2. The zero-order valence-electron chi connectivity index (χ0n) is 22.9. The number of fused-ring (bicyclic) bond motifs is 1. The number of benzene rings is 3. The predicted octanol–water partition coefficient (Wildman–Crippen LogP) is 5.87. The molecule has 40 heavy (non-hydrogen) atoms. The van der Waals surface area contributed by atoms with Gasteiger partial charge in [-0.1, -0.05) is 59.8 Å². The summed E-state index contributed by atoms with van der Waals surface area (Å²) in [5.74, 6) is 1.53. The number of β-amino-alcohol motifs (C(OH)–C–C–N with tert-alkyl or cyclic N) is 1. The van der Waals surface area contributed by atoms with Gasteiger partial charge in [-0.3, -0.25) is 9.80 Å². The van der Waals surface area contributed by atoms with Crippen LogP contribution in [0.1, 0.15) is 17.6 Å². The number of aliphatic hydroxyl groups excluding tert-OH is 1. The molecule has 0 spiro atoms. The third-order valence-electron chi connectivity index (χ3n) is 7.42. The van der Waals surface area contributed by atoms with E-state index < -0.39 is 6.10 Å². The molecule has 8 heteroatoms. The Kier molecular flexibility index (Phi) is 7.93. The first-order valence-corrected chi connectivity index (χ1v) is 14.6. The van der Waals surface area contributed by atoms with Crippen molar-refractivity contribution < 1.29 is 14.4 Å². The highest BCUT2D eigenvalue weighted by atomic mass is 32.1. The first kappa shape index (κ1) is 26.7. The molecular weight excluding hydrogens is 520 g/mol. The molecule has 1 aliphatic heterocycles. The van der Waals surface area contributed by atoms with Crippen molar-refractivity contribution in [3.05, 3.63) is 89.6 Å². The van der Waals surface area contributed by atoms with E-state index in [-0.39, 0.29) is 6.61 Å². The van der Waals surface area contributed by atoms with E-state index in [0.29, 0.717) is 12.6 Å².